The van der Waals surface area contributed by atoms with Crippen molar-refractivity contribution in [1.82, 2.24) is 14.9 Å². The third kappa shape index (κ3) is 4.94. The Balaban J connectivity index is 2.05. The van der Waals surface area contributed by atoms with Gasteiger partial charge >= 0.3 is 12.1 Å². The van der Waals surface area contributed by atoms with Crippen LogP contribution < -0.4 is 4.90 Å². The molecule has 1 N–H and O–H groups in total. The molecule has 0 atom stereocenters. The minimum Gasteiger partial charge on any atom is -0.477 e. The van der Waals surface area contributed by atoms with E-state index in [9.17, 15) is 14.7 Å². The van der Waals surface area contributed by atoms with Crippen molar-refractivity contribution in [2.75, 3.05) is 25.0 Å². The summed E-state index contributed by atoms with van der Waals surface area (Å²) < 4.78 is 5.38. The summed E-state index contributed by atoms with van der Waals surface area (Å²) in [5.41, 5.74) is -0.528. The summed E-state index contributed by atoms with van der Waals surface area (Å²) in [5, 5.41) is 9.31. The van der Waals surface area contributed by atoms with Crippen molar-refractivity contribution in [1.29, 1.82) is 0 Å². The SMILES string of the molecule is CN(c1nc(Cl)ncc1C(=O)O)C1CCN(C(=O)OC(C)(C)C)CC1. The second-order valence-corrected chi connectivity index (χ2v) is 7.33. The van der Waals surface area contributed by atoms with Crippen molar-refractivity contribution in [3.8, 4) is 0 Å². The highest BCUT2D eigenvalue weighted by atomic mass is 35.5. The van der Waals surface area contributed by atoms with Gasteiger partial charge in [-0.25, -0.2) is 14.6 Å². The van der Waals surface area contributed by atoms with Crippen LogP contribution in [0.25, 0.3) is 0 Å². The average molecular weight is 371 g/mol. The van der Waals surface area contributed by atoms with Crippen LogP contribution in [0.3, 0.4) is 0 Å². The molecule has 2 rings (SSSR count). The molecule has 0 radical (unpaired) electrons. The van der Waals surface area contributed by atoms with Gasteiger partial charge in [0.1, 0.15) is 17.0 Å². The Morgan fingerprint density at radius 3 is 2.48 bits per heavy atom. The molecule has 0 unspecified atom stereocenters. The lowest BCUT2D eigenvalue weighted by molar-refractivity contribution is 0.0205. The van der Waals surface area contributed by atoms with E-state index in [1.165, 1.54) is 6.20 Å². The fraction of sp³-hybridized carbons (Fsp3) is 0.625. The zero-order valence-corrected chi connectivity index (χ0v) is 15.6. The first-order valence-corrected chi connectivity index (χ1v) is 8.43. The standard InChI is InChI=1S/C16H23ClN4O4/c1-16(2,3)25-15(24)21-7-5-10(6-8-21)20(4)12-11(13(22)23)9-18-14(17)19-12/h9-10H,5-8H2,1-4H3,(H,22,23). The molecular weight excluding hydrogens is 348 g/mol. The maximum Gasteiger partial charge on any atom is 0.410 e. The number of aromatic nitrogens is 2. The second-order valence-electron chi connectivity index (χ2n) is 6.99. The largest absolute Gasteiger partial charge is 0.477 e. The van der Waals surface area contributed by atoms with Gasteiger partial charge in [0.2, 0.25) is 5.28 Å². The molecule has 1 aromatic rings. The first kappa shape index (κ1) is 19.2. The number of carboxylic acids is 1. The third-order valence-corrected chi connectivity index (χ3v) is 4.15. The Hall–Kier alpha value is -2.09. The highest BCUT2D eigenvalue weighted by Gasteiger charge is 2.30. The van der Waals surface area contributed by atoms with Crippen molar-refractivity contribution in [3.05, 3.63) is 17.0 Å². The Labute approximate surface area is 151 Å². The van der Waals surface area contributed by atoms with Crippen molar-refractivity contribution in [2.45, 2.75) is 45.3 Å². The topological polar surface area (TPSA) is 95.9 Å². The van der Waals surface area contributed by atoms with Gasteiger partial charge in [0.15, 0.2) is 0 Å². The van der Waals surface area contributed by atoms with Crippen LogP contribution in [0.4, 0.5) is 10.6 Å². The van der Waals surface area contributed by atoms with Crippen LogP contribution in [-0.4, -0.2) is 63.8 Å². The number of anilines is 1. The van der Waals surface area contributed by atoms with Crippen LogP contribution in [0.15, 0.2) is 6.20 Å². The summed E-state index contributed by atoms with van der Waals surface area (Å²) in [6.07, 6.45) is 2.23. The van der Waals surface area contributed by atoms with E-state index in [0.29, 0.717) is 25.9 Å². The first-order chi connectivity index (χ1) is 11.6. The van der Waals surface area contributed by atoms with Crippen LogP contribution in [-0.2, 0) is 4.74 Å². The van der Waals surface area contributed by atoms with Crippen molar-refractivity contribution in [2.24, 2.45) is 0 Å². The maximum atomic E-state index is 12.1. The number of aromatic carboxylic acids is 1. The fourth-order valence-corrected chi connectivity index (χ4v) is 2.84. The third-order valence-electron chi connectivity index (χ3n) is 3.97. The number of amides is 1. The number of nitrogens with zero attached hydrogens (tertiary/aromatic N) is 4. The highest BCUT2D eigenvalue weighted by molar-refractivity contribution is 6.28. The number of hydrogen-bond donors (Lipinski definition) is 1. The molecule has 8 nitrogen and oxygen atoms in total. The number of halogens is 1. The van der Waals surface area contributed by atoms with E-state index in [1.807, 2.05) is 20.8 Å². The number of piperidine rings is 1. The molecule has 0 bridgehead atoms. The molecule has 0 aromatic carbocycles. The Morgan fingerprint density at radius 1 is 1.36 bits per heavy atom. The van der Waals surface area contributed by atoms with Gasteiger partial charge in [-0.2, -0.15) is 4.98 Å². The van der Waals surface area contributed by atoms with Crippen molar-refractivity contribution < 1.29 is 19.4 Å². The van der Waals surface area contributed by atoms with E-state index in [0.717, 1.165) is 0 Å². The normalized spacial score (nSPS) is 15.8. The predicted molar refractivity (Wildman–Crippen MR) is 93.2 cm³/mol. The number of hydrogen-bond acceptors (Lipinski definition) is 6. The van der Waals surface area contributed by atoms with Gasteiger partial charge in [0.05, 0.1) is 0 Å². The van der Waals surface area contributed by atoms with Crippen molar-refractivity contribution in [3.63, 3.8) is 0 Å². The van der Waals surface area contributed by atoms with Crippen LogP contribution in [0.5, 0.6) is 0 Å². The van der Waals surface area contributed by atoms with Crippen LogP contribution in [0.2, 0.25) is 5.28 Å². The zero-order valence-electron chi connectivity index (χ0n) is 14.8. The molecule has 0 aliphatic carbocycles. The summed E-state index contributed by atoms with van der Waals surface area (Å²) in [5.74, 6) is -0.826. The minimum atomic E-state index is -1.11. The predicted octanol–water partition coefficient (Wildman–Crippen LogP) is 2.66. The van der Waals surface area contributed by atoms with Gasteiger partial charge in [0, 0.05) is 32.4 Å². The van der Waals surface area contributed by atoms with E-state index in [2.05, 4.69) is 9.97 Å². The van der Waals surface area contributed by atoms with E-state index in [1.54, 1.807) is 16.8 Å². The van der Waals surface area contributed by atoms with Crippen LogP contribution >= 0.6 is 11.6 Å². The lowest BCUT2D eigenvalue weighted by Crippen LogP contribution is -2.47. The Kier molecular flexibility index (Phi) is 5.72. The quantitative estimate of drug-likeness (QED) is 0.817. The van der Waals surface area contributed by atoms with Gasteiger partial charge in [-0.15, -0.1) is 0 Å². The molecule has 138 valence electrons. The van der Waals surface area contributed by atoms with Crippen LogP contribution in [0, 0.1) is 0 Å². The lowest BCUT2D eigenvalue weighted by atomic mass is 10.0. The number of carbonyl (C=O) groups excluding carboxylic acids is 1. The number of carboxylic acid groups (broad SMARTS) is 1. The molecule has 25 heavy (non-hydrogen) atoms. The summed E-state index contributed by atoms with van der Waals surface area (Å²) in [4.78, 5) is 34.8. The van der Waals surface area contributed by atoms with Crippen LogP contribution in [0.1, 0.15) is 44.0 Å². The van der Waals surface area contributed by atoms with Gasteiger partial charge in [-0.1, -0.05) is 0 Å². The summed E-state index contributed by atoms with van der Waals surface area (Å²) in [7, 11) is 1.78. The molecule has 0 saturated carbocycles. The first-order valence-electron chi connectivity index (χ1n) is 8.05. The fourth-order valence-electron chi connectivity index (χ4n) is 2.71. The lowest BCUT2D eigenvalue weighted by Gasteiger charge is -2.38. The van der Waals surface area contributed by atoms with Crippen molar-refractivity contribution >= 4 is 29.5 Å². The molecule has 1 aliphatic rings. The average Bonchev–Trinajstić information content (AvgIpc) is 2.52. The summed E-state index contributed by atoms with van der Waals surface area (Å²) >= 11 is 5.82. The number of ether oxygens (including phenoxy) is 1. The second kappa shape index (κ2) is 7.43. The minimum absolute atomic E-state index is 0.00136. The van der Waals surface area contributed by atoms with E-state index in [4.69, 9.17) is 16.3 Å². The highest BCUT2D eigenvalue weighted by Crippen LogP contribution is 2.25. The molecule has 2 heterocycles. The summed E-state index contributed by atoms with van der Waals surface area (Å²) in [6, 6.07) is 0.0442. The summed E-state index contributed by atoms with van der Waals surface area (Å²) in [6.45, 7) is 6.56. The van der Waals surface area contributed by atoms with Gasteiger partial charge in [0.25, 0.3) is 0 Å². The van der Waals surface area contributed by atoms with E-state index >= 15 is 0 Å². The Bertz CT molecular complexity index is 654. The zero-order chi connectivity index (χ0) is 18.8. The van der Waals surface area contributed by atoms with E-state index in [-0.39, 0.29) is 28.8 Å². The molecule has 9 heteroatoms. The molecular formula is C16H23ClN4O4. The number of rotatable bonds is 3. The molecule has 1 aromatic heterocycles. The smallest absolute Gasteiger partial charge is 0.410 e. The Morgan fingerprint density at radius 2 is 1.96 bits per heavy atom. The monoisotopic (exact) mass is 370 g/mol. The van der Waals surface area contributed by atoms with Gasteiger partial charge < -0.3 is 19.6 Å². The molecule has 1 aliphatic heterocycles. The number of likely N-dealkylation sites (tertiary alicyclic amines) is 1. The molecule has 1 fully saturated rings. The van der Waals surface area contributed by atoms with Gasteiger partial charge in [-0.3, -0.25) is 0 Å². The molecule has 1 saturated heterocycles. The van der Waals surface area contributed by atoms with E-state index < -0.39 is 11.6 Å². The number of carbonyl (C=O) groups is 2. The maximum absolute atomic E-state index is 12.1. The molecule has 1 amide bonds. The van der Waals surface area contributed by atoms with Gasteiger partial charge in [-0.05, 0) is 45.2 Å². The molecule has 0 spiro atoms.